The zero-order valence-corrected chi connectivity index (χ0v) is 15.5. The Morgan fingerprint density at radius 2 is 2.08 bits per heavy atom. The normalized spacial score (nSPS) is 17.8. The van der Waals surface area contributed by atoms with Gasteiger partial charge in [0.15, 0.2) is 0 Å². The average molecular weight is 341 g/mol. The second kappa shape index (κ2) is 7.25. The Hall–Kier alpha value is -2.37. The second-order valence-corrected chi connectivity index (χ2v) is 7.19. The summed E-state index contributed by atoms with van der Waals surface area (Å²) in [4.78, 5) is 25.6. The SMILES string of the molecule is CC(C)c1nccn1[C@H]1CCCN(C(=O)c2ccnc(N(C)C)c2)C1. The van der Waals surface area contributed by atoms with Gasteiger partial charge in [0.25, 0.3) is 5.91 Å². The second-order valence-electron chi connectivity index (χ2n) is 7.19. The average Bonchev–Trinajstić information content (AvgIpc) is 3.11. The summed E-state index contributed by atoms with van der Waals surface area (Å²) < 4.78 is 2.25. The van der Waals surface area contributed by atoms with Crippen LogP contribution >= 0.6 is 0 Å². The van der Waals surface area contributed by atoms with Crippen molar-refractivity contribution >= 4 is 11.7 Å². The van der Waals surface area contributed by atoms with Crippen LogP contribution in [0.15, 0.2) is 30.7 Å². The van der Waals surface area contributed by atoms with Gasteiger partial charge < -0.3 is 14.4 Å². The van der Waals surface area contributed by atoms with Crippen molar-refractivity contribution in [1.29, 1.82) is 0 Å². The molecular weight excluding hydrogens is 314 g/mol. The minimum absolute atomic E-state index is 0.0846. The number of amides is 1. The summed E-state index contributed by atoms with van der Waals surface area (Å²) in [6, 6.07) is 3.96. The summed E-state index contributed by atoms with van der Waals surface area (Å²) in [5.74, 6) is 2.36. The van der Waals surface area contributed by atoms with Crippen molar-refractivity contribution in [2.75, 3.05) is 32.1 Å². The van der Waals surface area contributed by atoms with Gasteiger partial charge in [-0.05, 0) is 25.0 Å². The first-order valence-electron chi connectivity index (χ1n) is 8.92. The van der Waals surface area contributed by atoms with Crippen LogP contribution in [0.4, 0.5) is 5.82 Å². The van der Waals surface area contributed by atoms with Gasteiger partial charge in [-0.2, -0.15) is 0 Å². The zero-order chi connectivity index (χ0) is 18.0. The van der Waals surface area contributed by atoms with E-state index in [1.807, 2.05) is 42.4 Å². The van der Waals surface area contributed by atoms with E-state index in [1.54, 1.807) is 12.3 Å². The van der Waals surface area contributed by atoms with Crippen LogP contribution in [0.5, 0.6) is 0 Å². The van der Waals surface area contributed by atoms with E-state index in [-0.39, 0.29) is 5.91 Å². The van der Waals surface area contributed by atoms with E-state index >= 15 is 0 Å². The molecule has 1 aliphatic heterocycles. The standard InChI is InChI=1S/C19H27N5O/c1-14(2)18-21-9-11-24(18)16-6-5-10-23(13-16)19(25)15-7-8-20-17(12-15)22(3)4/h7-9,11-12,14,16H,5-6,10,13H2,1-4H3/t16-/m0/s1. The van der Waals surface area contributed by atoms with Crippen molar-refractivity contribution in [3.8, 4) is 0 Å². The highest BCUT2D eigenvalue weighted by molar-refractivity contribution is 5.95. The Kier molecular flexibility index (Phi) is 5.06. The first-order chi connectivity index (χ1) is 12.0. The molecule has 2 aromatic heterocycles. The van der Waals surface area contributed by atoms with Crippen LogP contribution in [0.3, 0.4) is 0 Å². The van der Waals surface area contributed by atoms with Gasteiger partial charge in [-0.3, -0.25) is 4.79 Å². The van der Waals surface area contributed by atoms with Crippen molar-refractivity contribution in [3.63, 3.8) is 0 Å². The highest BCUT2D eigenvalue weighted by Crippen LogP contribution is 2.26. The molecule has 1 aliphatic rings. The summed E-state index contributed by atoms with van der Waals surface area (Å²) in [5.41, 5.74) is 0.703. The van der Waals surface area contributed by atoms with E-state index < -0.39 is 0 Å². The number of imidazole rings is 1. The number of hydrogen-bond acceptors (Lipinski definition) is 4. The third-order valence-electron chi connectivity index (χ3n) is 4.74. The molecule has 1 fully saturated rings. The molecule has 25 heavy (non-hydrogen) atoms. The van der Waals surface area contributed by atoms with Crippen molar-refractivity contribution in [3.05, 3.63) is 42.1 Å². The molecule has 0 saturated carbocycles. The molecule has 0 radical (unpaired) electrons. The third-order valence-corrected chi connectivity index (χ3v) is 4.74. The van der Waals surface area contributed by atoms with Gasteiger partial charge in [-0.25, -0.2) is 9.97 Å². The quantitative estimate of drug-likeness (QED) is 0.858. The predicted molar refractivity (Wildman–Crippen MR) is 99.1 cm³/mol. The maximum absolute atomic E-state index is 13.0. The van der Waals surface area contributed by atoms with E-state index in [9.17, 15) is 4.79 Å². The number of anilines is 1. The van der Waals surface area contributed by atoms with E-state index in [1.165, 1.54) is 0 Å². The molecule has 0 aromatic carbocycles. The van der Waals surface area contributed by atoms with Gasteiger partial charge in [-0.1, -0.05) is 13.8 Å². The molecule has 1 saturated heterocycles. The topological polar surface area (TPSA) is 54.3 Å². The molecule has 0 N–H and O–H groups in total. The lowest BCUT2D eigenvalue weighted by atomic mass is 10.0. The number of hydrogen-bond donors (Lipinski definition) is 0. The predicted octanol–water partition coefficient (Wildman–Crippen LogP) is 2.94. The van der Waals surface area contributed by atoms with Gasteiger partial charge >= 0.3 is 0 Å². The molecule has 3 rings (SSSR count). The largest absolute Gasteiger partial charge is 0.363 e. The first kappa shape index (κ1) is 17.5. The van der Waals surface area contributed by atoms with Crippen molar-refractivity contribution in [2.24, 2.45) is 0 Å². The number of pyridine rings is 1. The Labute approximate surface area is 149 Å². The molecule has 2 aromatic rings. The molecule has 1 atom stereocenters. The molecule has 6 heteroatoms. The first-order valence-corrected chi connectivity index (χ1v) is 8.92. The summed E-state index contributed by atoms with van der Waals surface area (Å²) in [5, 5.41) is 0. The summed E-state index contributed by atoms with van der Waals surface area (Å²) >= 11 is 0. The lowest BCUT2D eigenvalue weighted by Gasteiger charge is -2.34. The van der Waals surface area contributed by atoms with Crippen LogP contribution in [0.2, 0.25) is 0 Å². The van der Waals surface area contributed by atoms with Gasteiger partial charge in [0.05, 0.1) is 6.04 Å². The Bertz CT molecular complexity index is 737. The molecule has 0 unspecified atom stereocenters. The fourth-order valence-electron chi connectivity index (χ4n) is 3.43. The molecule has 134 valence electrons. The Morgan fingerprint density at radius 1 is 1.28 bits per heavy atom. The van der Waals surface area contributed by atoms with E-state index in [2.05, 4.69) is 28.4 Å². The fraction of sp³-hybridized carbons (Fsp3) is 0.526. The van der Waals surface area contributed by atoms with Gasteiger partial charge in [0.2, 0.25) is 0 Å². The molecule has 0 aliphatic carbocycles. The van der Waals surface area contributed by atoms with Gasteiger partial charge in [0.1, 0.15) is 11.6 Å². The number of carbonyl (C=O) groups excluding carboxylic acids is 1. The van der Waals surface area contributed by atoms with Crippen molar-refractivity contribution < 1.29 is 4.79 Å². The lowest BCUT2D eigenvalue weighted by molar-refractivity contribution is 0.0677. The molecular formula is C19H27N5O. The number of nitrogens with zero attached hydrogens (tertiary/aromatic N) is 5. The van der Waals surface area contributed by atoms with Gasteiger partial charge in [-0.15, -0.1) is 0 Å². The fourth-order valence-corrected chi connectivity index (χ4v) is 3.43. The number of rotatable bonds is 4. The van der Waals surface area contributed by atoms with Crippen LogP contribution in [0.25, 0.3) is 0 Å². The molecule has 6 nitrogen and oxygen atoms in total. The number of likely N-dealkylation sites (tertiary alicyclic amines) is 1. The highest BCUT2D eigenvalue weighted by Gasteiger charge is 2.27. The Morgan fingerprint density at radius 3 is 2.80 bits per heavy atom. The van der Waals surface area contributed by atoms with E-state index in [0.717, 1.165) is 37.6 Å². The third kappa shape index (κ3) is 3.67. The number of carbonyl (C=O) groups is 1. The maximum atomic E-state index is 13.0. The number of aromatic nitrogens is 3. The summed E-state index contributed by atoms with van der Waals surface area (Å²) in [7, 11) is 3.86. The maximum Gasteiger partial charge on any atom is 0.254 e. The van der Waals surface area contributed by atoms with Crippen LogP contribution in [0, 0.1) is 0 Å². The zero-order valence-electron chi connectivity index (χ0n) is 15.5. The Balaban J connectivity index is 1.78. The highest BCUT2D eigenvalue weighted by atomic mass is 16.2. The lowest BCUT2D eigenvalue weighted by Crippen LogP contribution is -2.41. The van der Waals surface area contributed by atoms with Crippen molar-refractivity contribution in [2.45, 2.75) is 38.6 Å². The van der Waals surface area contributed by atoms with E-state index in [0.29, 0.717) is 17.5 Å². The molecule has 1 amide bonds. The van der Waals surface area contributed by atoms with Crippen LogP contribution in [0.1, 0.15) is 54.8 Å². The van der Waals surface area contributed by atoms with E-state index in [4.69, 9.17) is 0 Å². The monoisotopic (exact) mass is 341 g/mol. The number of piperidine rings is 1. The summed E-state index contributed by atoms with van der Waals surface area (Å²) in [6.45, 7) is 5.85. The summed E-state index contributed by atoms with van der Waals surface area (Å²) in [6.07, 6.45) is 7.71. The van der Waals surface area contributed by atoms with Gasteiger partial charge in [0, 0.05) is 57.3 Å². The van der Waals surface area contributed by atoms with Crippen molar-refractivity contribution in [1.82, 2.24) is 19.4 Å². The molecule has 0 bridgehead atoms. The van der Waals surface area contributed by atoms with Crippen LogP contribution in [-0.2, 0) is 0 Å². The minimum atomic E-state index is 0.0846. The minimum Gasteiger partial charge on any atom is -0.363 e. The molecule has 3 heterocycles. The van der Waals surface area contributed by atoms with Crippen LogP contribution < -0.4 is 4.90 Å². The van der Waals surface area contributed by atoms with Crippen LogP contribution in [-0.4, -0.2) is 52.5 Å². The molecule has 0 spiro atoms. The smallest absolute Gasteiger partial charge is 0.254 e.